The van der Waals surface area contributed by atoms with Crippen LogP contribution in [0.3, 0.4) is 0 Å². The van der Waals surface area contributed by atoms with E-state index in [1.165, 1.54) is 5.56 Å². The summed E-state index contributed by atoms with van der Waals surface area (Å²) < 4.78 is 11.0. The highest BCUT2D eigenvalue weighted by molar-refractivity contribution is 5.79. The van der Waals surface area contributed by atoms with Crippen molar-refractivity contribution in [2.24, 2.45) is 10.9 Å². The van der Waals surface area contributed by atoms with Gasteiger partial charge in [0.1, 0.15) is 11.5 Å². The second-order valence-electron chi connectivity index (χ2n) is 6.41. The van der Waals surface area contributed by atoms with E-state index in [-0.39, 0.29) is 5.75 Å². The number of aromatic hydroxyl groups is 1. The smallest absolute Gasteiger partial charge is 0.191 e. The molecule has 27 heavy (non-hydrogen) atoms. The van der Waals surface area contributed by atoms with E-state index in [0.29, 0.717) is 37.4 Å². The molecule has 0 saturated carbocycles. The quantitative estimate of drug-likeness (QED) is 0.467. The Morgan fingerprint density at radius 2 is 1.93 bits per heavy atom. The molecule has 2 aromatic rings. The molecule has 0 aromatic heterocycles. The van der Waals surface area contributed by atoms with Gasteiger partial charge in [-0.25, -0.2) is 0 Å². The molecule has 0 radical (unpaired) electrons. The molecular formula is C21H29N3O3. The average Bonchev–Trinajstić information content (AvgIpc) is 2.70. The van der Waals surface area contributed by atoms with Gasteiger partial charge in [-0.3, -0.25) is 4.99 Å². The summed E-state index contributed by atoms with van der Waals surface area (Å²) in [6, 6.07) is 15.3. The van der Waals surface area contributed by atoms with Gasteiger partial charge in [0.05, 0.1) is 20.3 Å². The minimum Gasteiger partial charge on any atom is -0.508 e. The van der Waals surface area contributed by atoms with Gasteiger partial charge in [-0.05, 0) is 29.7 Å². The monoisotopic (exact) mass is 371 g/mol. The molecule has 0 aliphatic heterocycles. The van der Waals surface area contributed by atoms with E-state index in [1.807, 2.05) is 18.2 Å². The average molecular weight is 371 g/mol. The van der Waals surface area contributed by atoms with Crippen LogP contribution in [0.25, 0.3) is 0 Å². The number of benzene rings is 2. The number of hydrogen-bond acceptors (Lipinski definition) is 4. The number of hydrogen-bond donors (Lipinski definition) is 3. The molecular weight excluding hydrogens is 342 g/mol. The highest BCUT2D eigenvalue weighted by atomic mass is 16.5. The maximum Gasteiger partial charge on any atom is 0.191 e. The van der Waals surface area contributed by atoms with Crippen LogP contribution in [-0.2, 0) is 17.9 Å². The third-order valence-corrected chi connectivity index (χ3v) is 4.09. The van der Waals surface area contributed by atoms with E-state index >= 15 is 0 Å². The molecule has 0 aliphatic rings. The molecule has 6 heteroatoms. The summed E-state index contributed by atoms with van der Waals surface area (Å²) in [4.78, 5) is 4.22. The Morgan fingerprint density at radius 1 is 1.15 bits per heavy atom. The van der Waals surface area contributed by atoms with Gasteiger partial charge < -0.3 is 25.2 Å². The number of nitrogens with one attached hydrogen (secondary N) is 2. The molecule has 146 valence electrons. The summed E-state index contributed by atoms with van der Waals surface area (Å²) >= 11 is 0. The minimum atomic E-state index is 0.224. The lowest BCUT2D eigenvalue weighted by molar-refractivity contribution is 0.0931. The van der Waals surface area contributed by atoms with Crippen LogP contribution in [0, 0.1) is 5.92 Å². The van der Waals surface area contributed by atoms with Gasteiger partial charge in [-0.2, -0.15) is 0 Å². The van der Waals surface area contributed by atoms with Gasteiger partial charge in [0.2, 0.25) is 0 Å². The van der Waals surface area contributed by atoms with Crippen molar-refractivity contribution in [2.75, 3.05) is 27.3 Å². The zero-order chi connectivity index (χ0) is 19.5. The summed E-state index contributed by atoms with van der Waals surface area (Å²) in [6.07, 6.45) is 0. The number of ether oxygens (including phenoxy) is 2. The van der Waals surface area contributed by atoms with E-state index in [9.17, 15) is 5.11 Å². The number of phenols is 1. The first-order valence-corrected chi connectivity index (χ1v) is 9.04. The number of rotatable bonds is 9. The van der Waals surface area contributed by atoms with Gasteiger partial charge in [-0.15, -0.1) is 0 Å². The molecule has 0 bridgehead atoms. The Bertz CT molecular complexity index is 720. The maximum absolute atomic E-state index is 9.95. The second-order valence-corrected chi connectivity index (χ2v) is 6.41. The van der Waals surface area contributed by atoms with E-state index < -0.39 is 0 Å². The molecule has 1 unspecified atom stereocenters. The van der Waals surface area contributed by atoms with E-state index in [1.54, 1.807) is 32.4 Å². The van der Waals surface area contributed by atoms with Gasteiger partial charge in [0.15, 0.2) is 5.96 Å². The number of methoxy groups -OCH3 is 1. The van der Waals surface area contributed by atoms with Crippen molar-refractivity contribution in [1.29, 1.82) is 0 Å². The zero-order valence-electron chi connectivity index (χ0n) is 16.2. The van der Waals surface area contributed by atoms with Gasteiger partial charge in [0.25, 0.3) is 0 Å². The fourth-order valence-electron chi connectivity index (χ4n) is 2.51. The Labute approximate surface area is 161 Å². The summed E-state index contributed by atoms with van der Waals surface area (Å²) in [5.41, 5.74) is 1.92. The highest BCUT2D eigenvalue weighted by Crippen LogP contribution is 2.22. The summed E-state index contributed by atoms with van der Waals surface area (Å²) in [7, 11) is 3.32. The first kappa shape index (κ1) is 20.6. The topological polar surface area (TPSA) is 75.1 Å². The lowest BCUT2D eigenvalue weighted by atomic mass is 10.2. The third kappa shape index (κ3) is 7.19. The Balaban J connectivity index is 1.71. The van der Waals surface area contributed by atoms with Gasteiger partial charge >= 0.3 is 0 Å². The number of guanidine groups is 1. The normalized spacial score (nSPS) is 12.5. The number of nitrogens with zero attached hydrogens (tertiary/aromatic N) is 1. The predicted molar refractivity (Wildman–Crippen MR) is 108 cm³/mol. The zero-order valence-corrected chi connectivity index (χ0v) is 16.2. The van der Waals surface area contributed by atoms with Crippen LogP contribution >= 0.6 is 0 Å². The van der Waals surface area contributed by atoms with E-state index in [2.05, 4.69) is 34.7 Å². The Hall–Kier alpha value is -2.73. The van der Waals surface area contributed by atoms with Crippen molar-refractivity contribution >= 4 is 5.96 Å². The molecule has 6 nitrogen and oxygen atoms in total. The van der Waals surface area contributed by atoms with E-state index in [4.69, 9.17) is 9.47 Å². The molecule has 2 rings (SSSR count). The SMILES string of the molecule is CN=C(NCc1cc(OC)ccc1O)NCC(C)COCc1ccccc1. The van der Waals surface area contributed by atoms with Crippen molar-refractivity contribution in [3.05, 3.63) is 59.7 Å². The fraction of sp³-hybridized carbons (Fsp3) is 0.381. The molecule has 3 N–H and O–H groups in total. The summed E-state index contributed by atoms with van der Waals surface area (Å²) in [6.45, 7) is 4.59. The number of aliphatic imine (C=N–C) groups is 1. The molecule has 0 fully saturated rings. The van der Waals surface area contributed by atoms with Crippen LogP contribution in [0.15, 0.2) is 53.5 Å². The molecule has 0 amide bonds. The lowest BCUT2D eigenvalue weighted by Crippen LogP contribution is -2.39. The Morgan fingerprint density at radius 3 is 2.63 bits per heavy atom. The van der Waals surface area contributed by atoms with Crippen molar-refractivity contribution < 1.29 is 14.6 Å². The van der Waals surface area contributed by atoms with Gasteiger partial charge in [0, 0.05) is 25.7 Å². The van der Waals surface area contributed by atoms with Gasteiger partial charge in [-0.1, -0.05) is 37.3 Å². The molecule has 0 aliphatic carbocycles. The lowest BCUT2D eigenvalue weighted by Gasteiger charge is -2.17. The minimum absolute atomic E-state index is 0.224. The summed E-state index contributed by atoms with van der Waals surface area (Å²) in [5.74, 6) is 1.93. The van der Waals surface area contributed by atoms with Crippen LogP contribution < -0.4 is 15.4 Å². The first-order chi connectivity index (χ1) is 13.1. The standard InChI is InChI=1S/C21H29N3O3/c1-16(14-27-15-17-7-5-4-6-8-17)12-23-21(22-2)24-13-18-11-19(26-3)9-10-20(18)25/h4-11,16,25H,12-15H2,1-3H3,(H2,22,23,24). The fourth-order valence-corrected chi connectivity index (χ4v) is 2.51. The predicted octanol–water partition coefficient (Wildman–Crippen LogP) is 2.92. The van der Waals surface area contributed by atoms with Crippen LogP contribution in [0.5, 0.6) is 11.5 Å². The number of phenolic OH excluding ortho intramolecular Hbond substituents is 1. The van der Waals surface area contributed by atoms with Crippen LogP contribution in [0.4, 0.5) is 0 Å². The molecule has 0 spiro atoms. The van der Waals surface area contributed by atoms with Crippen molar-refractivity contribution in [3.8, 4) is 11.5 Å². The Kier molecular flexibility index (Phi) is 8.45. The van der Waals surface area contributed by atoms with Crippen LogP contribution in [0.2, 0.25) is 0 Å². The van der Waals surface area contributed by atoms with Crippen molar-refractivity contribution in [3.63, 3.8) is 0 Å². The second kappa shape index (κ2) is 11.1. The molecule has 0 saturated heterocycles. The van der Waals surface area contributed by atoms with Crippen LogP contribution in [-0.4, -0.2) is 38.4 Å². The van der Waals surface area contributed by atoms with E-state index in [0.717, 1.165) is 12.1 Å². The molecule has 2 aromatic carbocycles. The van der Waals surface area contributed by atoms with Crippen molar-refractivity contribution in [1.82, 2.24) is 10.6 Å². The largest absolute Gasteiger partial charge is 0.508 e. The van der Waals surface area contributed by atoms with Crippen LogP contribution in [0.1, 0.15) is 18.1 Å². The maximum atomic E-state index is 9.95. The van der Waals surface area contributed by atoms with Crippen molar-refractivity contribution in [2.45, 2.75) is 20.1 Å². The molecule has 1 atom stereocenters. The third-order valence-electron chi connectivity index (χ3n) is 4.09. The molecule has 0 heterocycles. The first-order valence-electron chi connectivity index (χ1n) is 9.04. The summed E-state index contributed by atoms with van der Waals surface area (Å²) in [5, 5.41) is 16.4. The highest BCUT2D eigenvalue weighted by Gasteiger charge is 2.07.